The summed E-state index contributed by atoms with van der Waals surface area (Å²) < 4.78 is 0. The Labute approximate surface area is 185 Å². The second-order valence-electron chi connectivity index (χ2n) is 7.64. The maximum atomic E-state index is 13.5. The third-order valence-corrected chi connectivity index (χ3v) is 6.39. The molecular formula is C24H23N3O3S. The smallest absolute Gasteiger partial charge is 0.294 e. The quantitative estimate of drug-likeness (QED) is 0.595. The molecule has 3 aromatic rings. The number of Topliss-reactive ketones (excluding diaryl/α,β-unsaturated/α-hetero) is 1. The fraction of sp³-hybridized carbons (Fsp3) is 0.208. The Kier molecular flexibility index (Phi) is 5.37. The van der Waals surface area contributed by atoms with E-state index in [9.17, 15) is 14.7 Å². The molecule has 0 aliphatic carbocycles. The number of hydrogen-bond donors (Lipinski definition) is 1. The van der Waals surface area contributed by atoms with Gasteiger partial charge in [0.1, 0.15) is 0 Å². The van der Waals surface area contributed by atoms with Crippen LogP contribution in [0.3, 0.4) is 0 Å². The Morgan fingerprint density at radius 1 is 1.06 bits per heavy atom. The van der Waals surface area contributed by atoms with Crippen molar-refractivity contribution in [3.8, 4) is 0 Å². The third-order valence-electron chi connectivity index (χ3n) is 5.32. The number of thiazole rings is 1. The normalized spacial score (nSPS) is 16.2. The first-order chi connectivity index (χ1) is 14.8. The predicted molar refractivity (Wildman–Crippen MR) is 123 cm³/mol. The number of hydrogen-bond acceptors (Lipinski definition) is 6. The van der Waals surface area contributed by atoms with E-state index in [0.29, 0.717) is 16.3 Å². The molecule has 31 heavy (non-hydrogen) atoms. The first-order valence-corrected chi connectivity index (χ1v) is 10.7. The standard InChI is InChI=1S/C24H23N3O3S/c1-14-23(31-15(2)25-14)21(28)19-20(16-8-6-5-7-9-16)27(24(30)22(19)29)18-12-10-17(11-13-18)26(3)4/h5-13,20,29H,1-4H3. The van der Waals surface area contributed by atoms with Crippen LogP contribution in [-0.4, -0.2) is 35.9 Å². The molecule has 1 N–H and O–H groups in total. The van der Waals surface area contributed by atoms with Crippen molar-refractivity contribution >= 4 is 34.4 Å². The minimum atomic E-state index is -0.729. The van der Waals surface area contributed by atoms with Gasteiger partial charge in [-0.25, -0.2) is 4.98 Å². The van der Waals surface area contributed by atoms with Gasteiger partial charge in [0.15, 0.2) is 5.76 Å². The average molecular weight is 434 g/mol. The average Bonchev–Trinajstić information content (AvgIpc) is 3.24. The molecule has 158 valence electrons. The SMILES string of the molecule is Cc1nc(C)c(C(=O)C2=C(O)C(=O)N(c3ccc(N(C)C)cc3)C2c2ccccc2)s1. The Morgan fingerprint density at radius 3 is 2.26 bits per heavy atom. The molecule has 7 heteroatoms. The summed E-state index contributed by atoms with van der Waals surface area (Å²) in [6, 6.07) is 16.0. The maximum Gasteiger partial charge on any atom is 0.294 e. The van der Waals surface area contributed by atoms with Crippen molar-refractivity contribution in [1.29, 1.82) is 0 Å². The Hall–Kier alpha value is -3.45. The fourth-order valence-electron chi connectivity index (χ4n) is 3.83. The summed E-state index contributed by atoms with van der Waals surface area (Å²) in [6.45, 7) is 3.59. The van der Waals surface area contributed by atoms with Crippen molar-refractivity contribution in [2.24, 2.45) is 0 Å². The highest BCUT2D eigenvalue weighted by molar-refractivity contribution is 7.14. The lowest BCUT2D eigenvalue weighted by Gasteiger charge is -2.27. The van der Waals surface area contributed by atoms with E-state index in [4.69, 9.17) is 0 Å². The molecule has 1 atom stereocenters. The Morgan fingerprint density at radius 2 is 1.71 bits per heavy atom. The lowest BCUT2D eigenvalue weighted by Crippen LogP contribution is -2.31. The molecule has 0 spiro atoms. The van der Waals surface area contributed by atoms with E-state index in [2.05, 4.69) is 4.98 Å². The molecule has 6 nitrogen and oxygen atoms in total. The van der Waals surface area contributed by atoms with Crippen LogP contribution in [0.4, 0.5) is 11.4 Å². The number of aromatic nitrogens is 1. The van der Waals surface area contributed by atoms with Crippen molar-refractivity contribution in [3.05, 3.63) is 87.1 Å². The Bertz CT molecular complexity index is 1180. The molecule has 1 aromatic heterocycles. The van der Waals surface area contributed by atoms with Gasteiger partial charge in [-0.15, -0.1) is 11.3 Å². The van der Waals surface area contributed by atoms with E-state index in [0.717, 1.165) is 16.3 Å². The number of carbonyl (C=O) groups excluding carboxylic acids is 2. The zero-order valence-corrected chi connectivity index (χ0v) is 18.6. The minimum absolute atomic E-state index is 0.0830. The van der Waals surface area contributed by atoms with Gasteiger partial charge >= 0.3 is 0 Å². The second kappa shape index (κ2) is 8.00. The summed E-state index contributed by atoms with van der Waals surface area (Å²) in [5.74, 6) is -1.47. The molecule has 1 amide bonds. The van der Waals surface area contributed by atoms with Crippen molar-refractivity contribution in [1.82, 2.24) is 4.98 Å². The third kappa shape index (κ3) is 3.61. The van der Waals surface area contributed by atoms with E-state index in [1.54, 1.807) is 6.92 Å². The van der Waals surface area contributed by atoms with Gasteiger partial charge in [0.25, 0.3) is 5.91 Å². The summed E-state index contributed by atoms with van der Waals surface area (Å²) in [5.41, 5.74) is 3.02. The molecular weight excluding hydrogens is 410 g/mol. The molecule has 4 rings (SSSR count). The minimum Gasteiger partial charge on any atom is -0.503 e. The highest BCUT2D eigenvalue weighted by atomic mass is 32.1. The van der Waals surface area contributed by atoms with Crippen LogP contribution in [0.2, 0.25) is 0 Å². The topological polar surface area (TPSA) is 73.7 Å². The molecule has 0 saturated heterocycles. The Balaban J connectivity index is 1.85. The second-order valence-corrected chi connectivity index (χ2v) is 8.84. The molecule has 1 aliphatic rings. The number of aliphatic hydroxyl groups is 1. The van der Waals surface area contributed by atoms with Gasteiger partial charge in [-0.3, -0.25) is 14.5 Å². The van der Waals surface area contributed by atoms with Gasteiger partial charge in [-0.2, -0.15) is 0 Å². The number of benzene rings is 2. The molecule has 2 aromatic carbocycles. The lowest BCUT2D eigenvalue weighted by molar-refractivity contribution is -0.117. The number of amides is 1. The van der Waals surface area contributed by atoms with Gasteiger partial charge in [0.2, 0.25) is 5.78 Å². The summed E-state index contributed by atoms with van der Waals surface area (Å²) in [4.78, 5) is 34.9. The monoisotopic (exact) mass is 433 g/mol. The zero-order valence-electron chi connectivity index (χ0n) is 17.8. The van der Waals surface area contributed by atoms with Crippen LogP contribution >= 0.6 is 11.3 Å². The van der Waals surface area contributed by atoms with Crippen LogP contribution in [0, 0.1) is 13.8 Å². The maximum absolute atomic E-state index is 13.5. The zero-order chi connectivity index (χ0) is 22.3. The van der Waals surface area contributed by atoms with Crippen molar-refractivity contribution in [3.63, 3.8) is 0 Å². The predicted octanol–water partition coefficient (Wildman–Crippen LogP) is 4.61. The molecule has 0 bridgehead atoms. The van der Waals surface area contributed by atoms with E-state index >= 15 is 0 Å². The van der Waals surface area contributed by atoms with Crippen LogP contribution in [0.15, 0.2) is 65.9 Å². The number of aliphatic hydroxyl groups excluding tert-OH is 1. The number of anilines is 2. The van der Waals surface area contributed by atoms with Crippen molar-refractivity contribution < 1.29 is 14.7 Å². The molecule has 0 fully saturated rings. The van der Waals surface area contributed by atoms with Crippen LogP contribution in [0.5, 0.6) is 0 Å². The van der Waals surface area contributed by atoms with Gasteiger partial charge in [0.05, 0.1) is 27.2 Å². The number of nitrogens with zero attached hydrogens (tertiary/aromatic N) is 3. The molecule has 1 unspecified atom stereocenters. The van der Waals surface area contributed by atoms with Gasteiger partial charge in [-0.05, 0) is 43.7 Å². The number of rotatable bonds is 5. The largest absolute Gasteiger partial charge is 0.503 e. The van der Waals surface area contributed by atoms with E-state index in [1.807, 2.05) is 80.5 Å². The van der Waals surface area contributed by atoms with Gasteiger partial charge in [-0.1, -0.05) is 30.3 Å². The van der Waals surface area contributed by atoms with Crippen LogP contribution < -0.4 is 9.80 Å². The van der Waals surface area contributed by atoms with E-state index < -0.39 is 17.7 Å². The fourth-order valence-corrected chi connectivity index (χ4v) is 4.70. The highest BCUT2D eigenvalue weighted by Crippen LogP contribution is 2.42. The number of aryl methyl sites for hydroxylation is 2. The lowest BCUT2D eigenvalue weighted by atomic mass is 9.95. The van der Waals surface area contributed by atoms with E-state index in [1.165, 1.54) is 16.2 Å². The summed E-state index contributed by atoms with van der Waals surface area (Å²) >= 11 is 1.27. The first kappa shape index (κ1) is 20.8. The summed E-state index contributed by atoms with van der Waals surface area (Å²) in [7, 11) is 3.87. The van der Waals surface area contributed by atoms with Gasteiger partial charge in [0, 0.05) is 25.5 Å². The van der Waals surface area contributed by atoms with E-state index in [-0.39, 0.29) is 11.4 Å². The van der Waals surface area contributed by atoms with Crippen LogP contribution in [0.1, 0.15) is 32.0 Å². The van der Waals surface area contributed by atoms with Gasteiger partial charge < -0.3 is 10.0 Å². The highest BCUT2D eigenvalue weighted by Gasteiger charge is 2.45. The summed E-state index contributed by atoms with van der Waals surface area (Å²) in [6.07, 6.45) is 0. The molecule has 1 aliphatic heterocycles. The molecule has 0 radical (unpaired) electrons. The molecule has 0 saturated carbocycles. The summed E-state index contributed by atoms with van der Waals surface area (Å²) in [5, 5.41) is 11.6. The van der Waals surface area contributed by atoms with Crippen molar-refractivity contribution in [2.45, 2.75) is 19.9 Å². The van der Waals surface area contributed by atoms with Crippen LogP contribution in [0.25, 0.3) is 0 Å². The number of ketones is 1. The first-order valence-electron chi connectivity index (χ1n) is 9.87. The van der Waals surface area contributed by atoms with Crippen molar-refractivity contribution in [2.75, 3.05) is 23.9 Å². The number of carbonyl (C=O) groups is 2. The molecule has 2 heterocycles. The van der Waals surface area contributed by atoms with Crippen LogP contribution in [-0.2, 0) is 4.79 Å².